The van der Waals surface area contributed by atoms with Crippen molar-refractivity contribution in [2.24, 2.45) is 0 Å². The van der Waals surface area contributed by atoms with Crippen LogP contribution in [0.2, 0.25) is 0 Å². The van der Waals surface area contributed by atoms with Gasteiger partial charge in [-0.05, 0) is 19.4 Å². The van der Waals surface area contributed by atoms with Gasteiger partial charge in [0.15, 0.2) is 0 Å². The van der Waals surface area contributed by atoms with Crippen molar-refractivity contribution in [3.05, 3.63) is 34.2 Å². The number of rotatable bonds is 5. The van der Waals surface area contributed by atoms with Crippen LogP contribution >= 0.6 is 0 Å². The molecular formula is C12H19NO. The molecule has 0 aromatic carbocycles. The SMILES string of the molecule is CCCCCCn1cccc(C)c1=O. The second-order valence-electron chi connectivity index (χ2n) is 3.75. The molecule has 0 saturated carbocycles. The normalized spacial score (nSPS) is 10.4. The van der Waals surface area contributed by atoms with Crippen LogP contribution in [-0.4, -0.2) is 4.57 Å². The van der Waals surface area contributed by atoms with Crippen LogP contribution in [0.15, 0.2) is 23.1 Å². The van der Waals surface area contributed by atoms with Crippen LogP contribution in [0.1, 0.15) is 38.2 Å². The number of nitrogens with zero attached hydrogens (tertiary/aromatic N) is 1. The zero-order valence-corrected chi connectivity index (χ0v) is 9.12. The van der Waals surface area contributed by atoms with E-state index in [9.17, 15) is 4.79 Å². The fraction of sp³-hybridized carbons (Fsp3) is 0.583. The van der Waals surface area contributed by atoms with Gasteiger partial charge in [-0.3, -0.25) is 4.79 Å². The van der Waals surface area contributed by atoms with Crippen molar-refractivity contribution < 1.29 is 0 Å². The molecule has 0 saturated heterocycles. The predicted octanol–water partition coefficient (Wildman–Crippen LogP) is 2.74. The molecule has 1 rings (SSSR count). The molecule has 1 aromatic rings. The van der Waals surface area contributed by atoms with Crippen molar-refractivity contribution >= 4 is 0 Å². The lowest BCUT2D eigenvalue weighted by Crippen LogP contribution is -2.21. The molecule has 0 atom stereocenters. The maximum absolute atomic E-state index is 11.6. The van der Waals surface area contributed by atoms with E-state index in [1.165, 1.54) is 19.3 Å². The van der Waals surface area contributed by atoms with E-state index in [0.717, 1.165) is 18.5 Å². The third-order valence-electron chi connectivity index (χ3n) is 2.46. The van der Waals surface area contributed by atoms with E-state index >= 15 is 0 Å². The van der Waals surface area contributed by atoms with E-state index in [4.69, 9.17) is 0 Å². The minimum absolute atomic E-state index is 0.156. The molecule has 0 aliphatic heterocycles. The van der Waals surface area contributed by atoms with Gasteiger partial charge in [0, 0.05) is 18.3 Å². The standard InChI is InChI=1S/C12H19NO/c1-3-4-5-6-9-13-10-7-8-11(2)12(13)14/h7-8,10H,3-6,9H2,1-2H3. The lowest BCUT2D eigenvalue weighted by atomic mass is 10.2. The molecule has 0 aliphatic rings. The highest BCUT2D eigenvalue weighted by Crippen LogP contribution is 2.00. The quantitative estimate of drug-likeness (QED) is 0.659. The van der Waals surface area contributed by atoms with Crippen molar-refractivity contribution in [3.63, 3.8) is 0 Å². The van der Waals surface area contributed by atoms with Gasteiger partial charge >= 0.3 is 0 Å². The monoisotopic (exact) mass is 193 g/mol. The number of aryl methyl sites for hydroxylation is 2. The fourth-order valence-corrected chi connectivity index (χ4v) is 1.54. The number of unbranched alkanes of at least 4 members (excludes halogenated alkanes) is 3. The molecule has 0 unspecified atom stereocenters. The van der Waals surface area contributed by atoms with Crippen molar-refractivity contribution in [1.82, 2.24) is 4.57 Å². The molecule has 0 amide bonds. The summed E-state index contributed by atoms with van der Waals surface area (Å²) < 4.78 is 1.81. The van der Waals surface area contributed by atoms with E-state index in [0.29, 0.717) is 0 Å². The van der Waals surface area contributed by atoms with Gasteiger partial charge in [-0.1, -0.05) is 32.3 Å². The molecule has 0 aliphatic carbocycles. The topological polar surface area (TPSA) is 22.0 Å². The first-order chi connectivity index (χ1) is 6.75. The molecule has 0 spiro atoms. The average Bonchev–Trinajstić information content (AvgIpc) is 2.19. The molecule has 0 N–H and O–H groups in total. The lowest BCUT2D eigenvalue weighted by molar-refractivity contribution is 0.569. The Kier molecular flexibility index (Phi) is 4.44. The second-order valence-corrected chi connectivity index (χ2v) is 3.75. The van der Waals surface area contributed by atoms with Crippen LogP contribution in [0.5, 0.6) is 0 Å². The lowest BCUT2D eigenvalue weighted by Gasteiger charge is -2.05. The van der Waals surface area contributed by atoms with E-state index in [2.05, 4.69) is 6.92 Å². The summed E-state index contributed by atoms with van der Waals surface area (Å²) in [6, 6.07) is 3.81. The predicted molar refractivity (Wildman–Crippen MR) is 59.6 cm³/mol. The van der Waals surface area contributed by atoms with Gasteiger partial charge in [0.1, 0.15) is 0 Å². The molecule has 0 radical (unpaired) electrons. The maximum Gasteiger partial charge on any atom is 0.253 e. The summed E-state index contributed by atoms with van der Waals surface area (Å²) in [5, 5.41) is 0. The zero-order valence-electron chi connectivity index (χ0n) is 9.12. The van der Waals surface area contributed by atoms with Crippen molar-refractivity contribution in [2.45, 2.75) is 46.1 Å². The first kappa shape index (κ1) is 11.0. The molecule has 1 aromatic heterocycles. The molecule has 14 heavy (non-hydrogen) atoms. The summed E-state index contributed by atoms with van der Waals surface area (Å²) in [7, 11) is 0. The van der Waals surface area contributed by atoms with Gasteiger partial charge in [0.25, 0.3) is 5.56 Å². The van der Waals surface area contributed by atoms with Crippen LogP contribution < -0.4 is 5.56 Å². The van der Waals surface area contributed by atoms with E-state index < -0.39 is 0 Å². The smallest absolute Gasteiger partial charge is 0.253 e. The molecule has 1 heterocycles. The Morgan fingerprint density at radius 1 is 1.29 bits per heavy atom. The van der Waals surface area contributed by atoms with Crippen LogP contribution in [0.25, 0.3) is 0 Å². The third kappa shape index (κ3) is 3.02. The van der Waals surface area contributed by atoms with Crippen LogP contribution in [-0.2, 0) is 6.54 Å². The second kappa shape index (κ2) is 5.63. The van der Waals surface area contributed by atoms with Gasteiger partial charge in [0.2, 0.25) is 0 Å². The zero-order chi connectivity index (χ0) is 10.4. The van der Waals surface area contributed by atoms with E-state index in [1.54, 1.807) is 0 Å². The molecular weight excluding hydrogens is 174 g/mol. The Hall–Kier alpha value is -1.05. The summed E-state index contributed by atoms with van der Waals surface area (Å²) in [6.45, 7) is 4.92. The van der Waals surface area contributed by atoms with Gasteiger partial charge in [0.05, 0.1) is 0 Å². The Labute approximate surface area is 85.6 Å². The Balaban J connectivity index is 2.51. The van der Waals surface area contributed by atoms with Crippen molar-refractivity contribution in [1.29, 1.82) is 0 Å². The largest absolute Gasteiger partial charge is 0.315 e. The molecule has 2 heteroatoms. The van der Waals surface area contributed by atoms with Gasteiger partial charge in [-0.15, -0.1) is 0 Å². The number of hydrogen-bond donors (Lipinski definition) is 0. The fourth-order valence-electron chi connectivity index (χ4n) is 1.54. The number of aromatic nitrogens is 1. The van der Waals surface area contributed by atoms with Crippen LogP contribution in [0.4, 0.5) is 0 Å². The van der Waals surface area contributed by atoms with Crippen molar-refractivity contribution in [2.75, 3.05) is 0 Å². The Morgan fingerprint density at radius 3 is 2.79 bits per heavy atom. The minimum Gasteiger partial charge on any atom is -0.315 e. The maximum atomic E-state index is 11.6. The summed E-state index contributed by atoms with van der Waals surface area (Å²) >= 11 is 0. The highest BCUT2D eigenvalue weighted by Gasteiger charge is 1.97. The summed E-state index contributed by atoms with van der Waals surface area (Å²) in [5.41, 5.74) is 0.993. The summed E-state index contributed by atoms with van der Waals surface area (Å²) in [5.74, 6) is 0. The average molecular weight is 193 g/mol. The molecule has 78 valence electrons. The van der Waals surface area contributed by atoms with Gasteiger partial charge in [-0.2, -0.15) is 0 Å². The highest BCUT2D eigenvalue weighted by molar-refractivity contribution is 5.07. The molecule has 0 fully saturated rings. The van der Waals surface area contributed by atoms with Crippen LogP contribution in [0, 0.1) is 6.92 Å². The highest BCUT2D eigenvalue weighted by atomic mass is 16.1. The van der Waals surface area contributed by atoms with Crippen molar-refractivity contribution in [3.8, 4) is 0 Å². The number of hydrogen-bond acceptors (Lipinski definition) is 1. The molecule has 2 nitrogen and oxygen atoms in total. The third-order valence-corrected chi connectivity index (χ3v) is 2.46. The first-order valence-corrected chi connectivity index (χ1v) is 5.41. The molecule has 0 bridgehead atoms. The first-order valence-electron chi connectivity index (χ1n) is 5.41. The van der Waals surface area contributed by atoms with Gasteiger partial charge in [-0.25, -0.2) is 0 Å². The summed E-state index contributed by atoms with van der Waals surface area (Å²) in [6.07, 6.45) is 6.71. The van der Waals surface area contributed by atoms with Crippen LogP contribution in [0.3, 0.4) is 0 Å². The minimum atomic E-state index is 0.156. The van der Waals surface area contributed by atoms with Gasteiger partial charge < -0.3 is 4.57 Å². The number of pyridine rings is 1. The van der Waals surface area contributed by atoms with E-state index in [-0.39, 0.29) is 5.56 Å². The Morgan fingerprint density at radius 2 is 2.07 bits per heavy atom. The summed E-state index contributed by atoms with van der Waals surface area (Å²) in [4.78, 5) is 11.6. The van der Waals surface area contributed by atoms with E-state index in [1.807, 2.05) is 29.8 Å². The Bertz CT molecular complexity index is 327.